The van der Waals surface area contributed by atoms with E-state index in [-0.39, 0.29) is 0 Å². The maximum Gasteiger partial charge on any atom is 0.0916 e. The molecule has 4 rings (SSSR count). The van der Waals surface area contributed by atoms with Crippen LogP contribution in [0, 0.1) is 0 Å². The normalized spacial score (nSPS) is 12.9. The van der Waals surface area contributed by atoms with E-state index in [0.717, 1.165) is 18.7 Å². The fourth-order valence-corrected chi connectivity index (χ4v) is 3.99. The first-order valence-corrected chi connectivity index (χ1v) is 9.58. The molecule has 1 heterocycles. The van der Waals surface area contributed by atoms with Crippen molar-refractivity contribution in [3.8, 4) is 0 Å². The van der Waals surface area contributed by atoms with Crippen LogP contribution < -0.4 is 0 Å². The summed E-state index contributed by atoms with van der Waals surface area (Å²) in [7, 11) is 2.06. The number of aromatic nitrogens is 1. The second-order valence-corrected chi connectivity index (χ2v) is 7.24. The number of aliphatic hydroxyl groups excluding tert-OH is 1. The summed E-state index contributed by atoms with van der Waals surface area (Å²) >= 11 is 0. The van der Waals surface area contributed by atoms with E-state index in [1.807, 2.05) is 30.3 Å². The predicted molar refractivity (Wildman–Crippen MR) is 113 cm³/mol. The SMILES string of the molecule is CCn1c2ccccc2c2cc(CN(C)C[C@@H](O)c3ccccc3)ccc21. The molecule has 1 aromatic heterocycles. The fraction of sp³-hybridized carbons (Fsp3) is 0.250. The molecular weight excluding hydrogens is 332 g/mol. The molecule has 138 valence electrons. The Morgan fingerprint density at radius 3 is 2.37 bits per heavy atom. The molecular formula is C24H26N2O. The van der Waals surface area contributed by atoms with Crippen molar-refractivity contribution in [1.82, 2.24) is 9.47 Å². The summed E-state index contributed by atoms with van der Waals surface area (Å²) in [6.07, 6.45) is -0.470. The van der Waals surface area contributed by atoms with E-state index in [2.05, 4.69) is 65.9 Å². The summed E-state index contributed by atoms with van der Waals surface area (Å²) in [5, 5.41) is 13.1. The summed E-state index contributed by atoms with van der Waals surface area (Å²) in [4.78, 5) is 2.18. The number of aryl methyl sites for hydroxylation is 1. The van der Waals surface area contributed by atoms with Crippen molar-refractivity contribution in [2.24, 2.45) is 0 Å². The number of fused-ring (bicyclic) bond motifs is 3. The predicted octanol–water partition coefficient (Wildman–Crippen LogP) is 4.98. The minimum Gasteiger partial charge on any atom is -0.387 e. The molecule has 27 heavy (non-hydrogen) atoms. The molecule has 0 amide bonds. The molecule has 3 heteroatoms. The molecule has 0 aliphatic carbocycles. The highest BCUT2D eigenvalue weighted by Crippen LogP contribution is 2.30. The number of benzene rings is 3. The Bertz CT molecular complexity index is 1050. The lowest BCUT2D eigenvalue weighted by Gasteiger charge is -2.21. The zero-order chi connectivity index (χ0) is 18.8. The Morgan fingerprint density at radius 2 is 1.59 bits per heavy atom. The van der Waals surface area contributed by atoms with Gasteiger partial charge in [-0.25, -0.2) is 0 Å². The molecule has 1 atom stereocenters. The minimum absolute atomic E-state index is 0.470. The summed E-state index contributed by atoms with van der Waals surface area (Å²) in [5.41, 5.74) is 4.81. The Morgan fingerprint density at radius 1 is 0.889 bits per heavy atom. The molecule has 1 N–H and O–H groups in total. The van der Waals surface area contributed by atoms with Crippen LogP contribution in [-0.2, 0) is 13.1 Å². The van der Waals surface area contributed by atoms with E-state index in [0.29, 0.717) is 6.54 Å². The molecule has 0 aliphatic heterocycles. The Labute approximate surface area is 160 Å². The maximum absolute atomic E-state index is 10.5. The van der Waals surface area contributed by atoms with Crippen LogP contribution in [0.15, 0.2) is 72.8 Å². The van der Waals surface area contributed by atoms with Crippen LogP contribution in [0.3, 0.4) is 0 Å². The summed E-state index contributed by atoms with van der Waals surface area (Å²) < 4.78 is 2.37. The summed E-state index contributed by atoms with van der Waals surface area (Å²) in [6, 6.07) is 25.2. The quantitative estimate of drug-likeness (QED) is 0.526. The molecule has 0 radical (unpaired) electrons. The highest BCUT2D eigenvalue weighted by Gasteiger charge is 2.13. The molecule has 4 aromatic rings. The first kappa shape index (κ1) is 17.8. The van der Waals surface area contributed by atoms with Crippen molar-refractivity contribution >= 4 is 21.8 Å². The number of rotatable bonds is 6. The molecule has 0 unspecified atom stereocenters. The Balaban J connectivity index is 1.58. The largest absolute Gasteiger partial charge is 0.387 e. The van der Waals surface area contributed by atoms with Gasteiger partial charge in [0.1, 0.15) is 0 Å². The van der Waals surface area contributed by atoms with Crippen LogP contribution in [0.2, 0.25) is 0 Å². The lowest BCUT2D eigenvalue weighted by molar-refractivity contribution is 0.124. The first-order chi connectivity index (χ1) is 13.2. The molecule has 0 bridgehead atoms. The average Bonchev–Trinajstić information content (AvgIpc) is 3.01. The van der Waals surface area contributed by atoms with Gasteiger partial charge < -0.3 is 9.67 Å². The third-order valence-corrected chi connectivity index (χ3v) is 5.27. The van der Waals surface area contributed by atoms with Crippen LogP contribution >= 0.6 is 0 Å². The van der Waals surface area contributed by atoms with Gasteiger partial charge in [0.25, 0.3) is 0 Å². The van der Waals surface area contributed by atoms with Crippen LogP contribution in [0.4, 0.5) is 0 Å². The third kappa shape index (κ3) is 3.48. The van der Waals surface area contributed by atoms with Crippen molar-refractivity contribution in [1.29, 1.82) is 0 Å². The number of para-hydroxylation sites is 1. The van der Waals surface area contributed by atoms with Gasteiger partial charge in [0, 0.05) is 41.4 Å². The zero-order valence-electron chi connectivity index (χ0n) is 16.0. The van der Waals surface area contributed by atoms with Crippen molar-refractivity contribution in [3.63, 3.8) is 0 Å². The van der Waals surface area contributed by atoms with Gasteiger partial charge in [-0.3, -0.25) is 4.90 Å². The number of likely N-dealkylation sites (N-methyl/N-ethyl adjacent to an activating group) is 1. The third-order valence-electron chi connectivity index (χ3n) is 5.27. The van der Waals surface area contributed by atoms with E-state index in [1.54, 1.807) is 0 Å². The Kier molecular flexibility index (Phi) is 4.97. The summed E-state index contributed by atoms with van der Waals surface area (Å²) in [6.45, 7) is 4.58. The van der Waals surface area contributed by atoms with Crippen molar-refractivity contribution in [3.05, 3.63) is 83.9 Å². The standard InChI is InChI=1S/C24H26N2O/c1-3-26-22-12-8-7-11-20(22)21-15-18(13-14-23(21)26)16-25(2)17-24(27)19-9-5-4-6-10-19/h4-15,24,27H,3,16-17H2,1-2H3/t24-/m1/s1. The maximum atomic E-state index is 10.5. The van der Waals surface area contributed by atoms with Crippen molar-refractivity contribution < 1.29 is 5.11 Å². The van der Waals surface area contributed by atoms with Gasteiger partial charge in [0.2, 0.25) is 0 Å². The van der Waals surface area contributed by atoms with Gasteiger partial charge in [0.05, 0.1) is 6.10 Å². The van der Waals surface area contributed by atoms with Gasteiger partial charge in [-0.15, -0.1) is 0 Å². The number of aliphatic hydroxyl groups is 1. The lowest BCUT2D eigenvalue weighted by atomic mass is 10.1. The van der Waals surface area contributed by atoms with E-state index in [1.165, 1.54) is 27.4 Å². The van der Waals surface area contributed by atoms with Crippen molar-refractivity contribution in [2.45, 2.75) is 26.1 Å². The minimum atomic E-state index is -0.470. The second-order valence-electron chi connectivity index (χ2n) is 7.24. The highest BCUT2D eigenvalue weighted by molar-refractivity contribution is 6.08. The van der Waals surface area contributed by atoms with Crippen LogP contribution in [0.5, 0.6) is 0 Å². The zero-order valence-corrected chi connectivity index (χ0v) is 16.0. The molecule has 0 spiro atoms. The van der Waals surface area contributed by atoms with Crippen LogP contribution in [0.25, 0.3) is 21.8 Å². The molecule has 3 nitrogen and oxygen atoms in total. The van der Waals surface area contributed by atoms with Crippen LogP contribution in [-0.4, -0.2) is 28.2 Å². The van der Waals surface area contributed by atoms with Gasteiger partial charge >= 0.3 is 0 Å². The monoisotopic (exact) mass is 358 g/mol. The van der Waals surface area contributed by atoms with Gasteiger partial charge in [-0.05, 0) is 43.3 Å². The molecule has 0 fully saturated rings. The highest BCUT2D eigenvalue weighted by atomic mass is 16.3. The number of hydrogen-bond donors (Lipinski definition) is 1. The van der Waals surface area contributed by atoms with Crippen molar-refractivity contribution in [2.75, 3.05) is 13.6 Å². The van der Waals surface area contributed by atoms with Gasteiger partial charge in [-0.1, -0.05) is 54.6 Å². The van der Waals surface area contributed by atoms with Gasteiger partial charge in [-0.2, -0.15) is 0 Å². The molecule has 0 saturated carbocycles. The Hall–Kier alpha value is -2.62. The molecule has 0 saturated heterocycles. The van der Waals surface area contributed by atoms with E-state index in [9.17, 15) is 5.11 Å². The number of hydrogen-bond acceptors (Lipinski definition) is 2. The van der Waals surface area contributed by atoms with Gasteiger partial charge in [0.15, 0.2) is 0 Å². The smallest absolute Gasteiger partial charge is 0.0916 e. The topological polar surface area (TPSA) is 28.4 Å². The molecule has 0 aliphatic rings. The first-order valence-electron chi connectivity index (χ1n) is 9.58. The fourth-order valence-electron chi connectivity index (χ4n) is 3.99. The molecule has 3 aromatic carbocycles. The van der Waals surface area contributed by atoms with E-state index in [4.69, 9.17) is 0 Å². The lowest BCUT2D eigenvalue weighted by Crippen LogP contribution is -2.24. The summed E-state index contributed by atoms with van der Waals surface area (Å²) in [5.74, 6) is 0. The van der Waals surface area contributed by atoms with Crippen LogP contribution in [0.1, 0.15) is 24.2 Å². The van der Waals surface area contributed by atoms with E-state index >= 15 is 0 Å². The van der Waals surface area contributed by atoms with E-state index < -0.39 is 6.10 Å². The number of nitrogens with zero attached hydrogens (tertiary/aromatic N) is 2. The average molecular weight is 358 g/mol. The second kappa shape index (κ2) is 7.55.